The molecule has 12 heteroatoms. The summed E-state index contributed by atoms with van der Waals surface area (Å²) in [5, 5.41) is 0. The SMILES string of the molecule is CCS(=O)(=O)NCc1cncc(-c2nc3ccc(F)cn3c2C2CC2)c1.Fc1ccc2nc(-c3cccnc3)c(C3CC3)n2c1. The molecular formula is C33H31F2N7O2S. The van der Waals surface area contributed by atoms with Crippen LogP contribution < -0.4 is 4.72 Å². The second-order valence-electron chi connectivity index (χ2n) is 11.4. The molecule has 2 aliphatic rings. The van der Waals surface area contributed by atoms with Crippen molar-refractivity contribution >= 4 is 21.3 Å². The van der Waals surface area contributed by atoms with Gasteiger partial charge in [-0.25, -0.2) is 31.9 Å². The number of imidazole rings is 2. The minimum absolute atomic E-state index is 0.0317. The summed E-state index contributed by atoms with van der Waals surface area (Å²) in [5.74, 6) is 0.356. The van der Waals surface area contributed by atoms with E-state index in [0.29, 0.717) is 17.5 Å². The third-order valence-corrected chi connectivity index (χ3v) is 9.39. The minimum Gasteiger partial charge on any atom is -0.300 e. The van der Waals surface area contributed by atoms with Crippen molar-refractivity contribution in [2.24, 2.45) is 0 Å². The summed E-state index contributed by atoms with van der Waals surface area (Å²) in [6, 6.07) is 12.0. The summed E-state index contributed by atoms with van der Waals surface area (Å²) in [6.07, 6.45) is 14.3. The highest BCUT2D eigenvalue weighted by molar-refractivity contribution is 7.89. The van der Waals surface area contributed by atoms with Crippen LogP contribution in [-0.2, 0) is 16.6 Å². The van der Waals surface area contributed by atoms with Crippen LogP contribution in [0.2, 0.25) is 0 Å². The summed E-state index contributed by atoms with van der Waals surface area (Å²) in [7, 11) is -3.27. The van der Waals surface area contributed by atoms with E-state index in [2.05, 4.69) is 24.7 Å². The molecule has 9 nitrogen and oxygen atoms in total. The quantitative estimate of drug-likeness (QED) is 0.213. The van der Waals surface area contributed by atoms with E-state index in [1.54, 1.807) is 37.6 Å². The topological polar surface area (TPSA) is 107 Å². The monoisotopic (exact) mass is 627 g/mol. The first-order chi connectivity index (χ1) is 21.8. The minimum atomic E-state index is -3.27. The molecule has 0 radical (unpaired) electrons. The molecule has 6 heterocycles. The van der Waals surface area contributed by atoms with E-state index in [4.69, 9.17) is 0 Å². The van der Waals surface area contributed by atoms with Gasteiger partial charge >= 0.3 is 0 Å². The second kappa shape index (κ2) is 11.8. The Labute approximate surface area is 259 Å². The summed E-state index contributed by atoms with van der Waals surface area (Å²) in [4.78, 5) is 17.7. The average molecular weight is 628 g/mol. The average Bonchev–Trinajstić information content (AvgIpc) is 4.00. The lowest BCUT2D eigenvalue weighted by Crippen LogP contribution is -2.24. The van der Waals surface area contributed by atoms with E-state index in [0.717, 1.165) is 70.8 Å². The molecule has 0 aromatic carbocycles. The van der Waals surface area contributed by atoms with Gasteiger partial charge in [0.2, 0.25) is 10.0 Å². The van der Waals surface area contributed by atoms with Crippen molar-refractivity contribution in [1.29, 1.82) is 0 Å². The highest BCUT2D eigenvalue weighted by atomic mass is 32.2. The number of nitrogens with zero attached hydrogens (tertiary/aromatic N) is 6. The van der Waals surface area contributed by atoms with Crippen molar-refractivity contribution in [3.8, 4) is 22.5 Å². The van der Waals surface area contributed by atoms with Crippen LogP contribution in [0, 0.1) is 11.6 Å². The number of rotatable bonds is 8. The lowest BCUT2D eigenvalue weighted by molar-refractivity contribution is 0.582. The molecule has 0 saturated heterocycles. The van der Waals surface area contributed by atoms with Crippen molar-refractivity contribution < 1.29 is 17.2 Å². The molecule has 1 N–H and O–H groups in total. The lowest BCUT2D eigenvalue weighted by Gasteiger charge is -2.07. The fourth-order valence-corrected chi connectivity index (χ4v) is 6.10. The van der Waals surface area contributed by atoms with Gasteiger partial charge in [-0.2, -0.15) is 0 Å². The number of sulfonamides is 1. The fraction of sp³-hybridized carbons (Fsp3) is 0.273. The Bertz CT molecular complexity index is 2120. The Morgan fingerprint density at radius 3 is 1.91 bits per heavy atom. The smallest absolute Gasteiger partial charge is 0.211 e. The first-order valence-electron chi connectivity index (χ1n) is 15.0. The van der Waals surface area contributed by atoms with E-state index in [-0.39, 0.29) is 23.9 Å². The molecule has 0 amide bonds. The molecule has 2 fully saturated rings. The number of nitrogens with one attached hydrogen (secondary N) is 1. The van der Waals surface area contributed by atoms with Crippen LogP contribution in [0.5, 0.6) is 0 Å². The van der Waals surface area contributed by atoms with Crippen LogP contribution in [0.4, 0.5) is 8.78 Å². The first kappa shape index (κ1) is 29.2. The summed E-state index contributed by atoms with van der Waals surface area (Å²) in [5.41, 5.74) is 7.87. The van der Waals surface area contributed by atoms with Crippen LogP contribution in [0.25, 0.3) is 33.8 Å². The number of hydrogen-bond acceptors (Lipinski definition) is 6. The maximum absolute atomic E-state index is 13.7. The van der Waals surface area contributed by atoms with Crippen LogP contribution in [0.1, 0.15) is 61.4 Å². The Balaban J connectivity index is 0.000000151. The summed E-state index contributed by atoms with van der Waals surface area (Å²) >= 11 is 0. The number of hydrogen-bond donors (Lipinski definition) is 1. The molecule has 2 saturated carbocycles. The fourth-order valence-electron chi connectivity index (χ4n) is 5.50. The third kappa shape index (κ3) is 6.20. The van der Waals surface area contributed by atoms with Crippen molar-refractivity contribution in [2.75, 3.05) is 5.75 Å². The van der Waals surface area contributed by atoms with E-state index in [9.17, 15) is 17.2 Å². The van der Waals surface area contributed by atoms with Gasteiger partial charge in [-0.1, -0.05) is 0 Å². The van der Waals surface area contributed by atoms with Crippen molar-refractivity contribution in [3.05, 3.63) is 108 Å². The van der Waals surface area contributed by atoms with E-state index in [1.807, 2.05) is 33.2 Å². The zero-order chi connectivity index (χ0) is 31.1. The molecule has 6 aromatic heterocycles. The highest BCUT2D eigenvalue weighted by Crippen LogP contribution is 2.45. The van der Waals surface area contributed by atoms with Gasteiger partial charge in [-0.3, -0.25) is 9.97 Å². The number of aromatic nitrogens is 6. The Morgan fingerprint density at radius 1 is 0.800 bits per heavy atom. The van der Waals surface area contributed by atoms with Crippen molar-refractivity contribution in [2.45, 2.75) is 51.0 Å². The van der Waals surface area contributed by atoms with Crippen molar-refractivity contribution in [1.82, 2.24) is 33.5 Å². The highest BCUT2D eigenvalue weighted by Gasteiger charge is 2.32. The normalized spacial score (nSPS) is 14.9. The molecule has 0 atom stereocenters. The molecule has 45 heavy (non-hydrogen) atoms. The summed E-state index contributed by atoms with van der Waals surface area (Å²) < 4.78 is 56.7. The van der Waals surface area contributed by atoms with E-state index in [1.165, 1.54) is 24.5 Å². The standard InChI is InChI=1S/C18H19FN4O2S.C15H12FN3/c1-2-26(24,25)21-9-12-7-14(10-20-8-12)17-18(13-3-4-13)23-11-15(19)5-6-16(23)22-17;16-12-5-6-13-18-14(11-2-1-7-17-8-11)15(10-3-4-10)19(13)9-12/h5-8,10-11,13,21H,2-4,9H2,1H3;1-2,5-10H,3-4H2. The maximum atomic E-state index is 13.7. The molecule has 6 aromatic rings. The van der Waals surface area contributed by atoms with Crippen LogP contribution in [0.15, 0.2) is 79.6 Å². The van der Waals surface area contributed by atoms with Gasteiger partial charge in [0.05, 0.1) is 28.5 Å². The predicted octanol–water partition coefficient (Wildman–Crippen LogP) is 6.26. The molecule has 0 unspecified atom stereocenters. The Morgan fingerprint density at radius 2 is 1.38 bits per heavy atom. The molecule has 0 spiro atoms. The van der Waals surface area contributed by atoms with Crippen molar-refractivity contribution in [3.63, 3.8) is 0 Å². The van der Waals surface area contributed by atoms with Crippen LogP contribution in [0.3, 0.4) is 0 Å². The van der Waals surface area contributed by atoms with Gasteiger partial charge in [-0.05, 0) is 80.6 Å². The van der Waals surface area contributed by atoms with Crippen LogP contribution in [-0.4, -0.2) is 42.9 Å². The largest absolute Gasteiger partial charge is 0.300 e. The number of fused-ring (bicyclic) bond motifs is 2. The molecule has 0 bridgehead atoms. The van der Waals surface area contributed by atoms with Gasteiger partial charge < -0.3 is 8.80 Å². The van der Waals surface area contributed by atoms with Gasteiger partial charge in [0, 0.05) is 66.7 Å². The van der Waals surface area contributed by atoms with E-state index >= 15 is 0 Å². The zero-order valence-corrected chi connectivity index (χ0v) is 25.4. The van der Waals surface area contributed by atoms with Gasteiger partial charge in [0.25, 0.3) is 0 Å². The van der Waals surface area contributed by atoms with Crippen LogP contribution >= 0.6 is 0 Å². The maximum Gasteiger partial charge on any atom is 0.211 e. The number of pyridine rings is 4. The first-order valence-corrected chi connectivity index (χ1v) is 16.6. The lowest BCUT2D eigenvalue weighted by atomic mass is 10.1. The van der Waals surface area contributed by atoms with Gasteiger partial charge in [-0.15, -0.1) is 0 Å². The van der Waals surface area contributed by atoms with Gasteiger partial charge in [0.15, 0.2) is 0 Å². The van der Waals surface area contributed by atoms with E-state index < -0.39 is 10.0 Å². The molecule has 2 aliphatic carbocycles. The summed E-state index contributed by atoms with van der Waals surface area (Å²) in [6.45, 7) is 1.77. The molecular weight excluding hydrogens is 596 g/mol. The molecule has 8 rings (SSSR count). The van der Waals surface area contributed by atoms with Gasteiger partial charge in [0.1, 0.15) is 22.9 Å². The molecule has 230 valence electrons. The predicted molar refractivity (Wildman–Crippen MR) is 167 cm³/mol. The Hall–Kier alpha value is -4.55. The second-order valence-corrected chi connectivity index (χ2v) is 13.5. The number of halogens is 2. The Kier molecular flexibility index (Phi) is 7.62. The third-order valence-electron chi connectivity index (χ3n) is 8.05. The molecule has 0 aliphatic heterocycles. The zero-order valence-electron chi connectivity index (χ0n) is 24.6.